The molecule has 3 heteroatoms. The lowest BCUT2D eigenvalue weighted by Gasteiger charge is -2.38. The van der Waals surface area contributed by atoms with Gasteiger partial charge in [0.05, 0.1) is 0 Å². The zero-order valence-corrected chi connectivity index (χ0v) is 9.50. The lowest BCUT2D eigenvalue weighted by atomic mass is 10.1. The van der Waals surface area contributed by atoms with Crippen LogP contribution >= 0.6 is 0 Å². The second-order valence-corrected chi connectivity index (χ2v) is 4.73. The molecule has 1 heterocycles. The highest BCUT2D eigenvalue weighted by molar-refractivity contribution is 4.91. The summed E-state index contributed by atoms with van der Waals surface area (Å²) in [5.41, 5.74) is 0. The van der Waals surface area contributed by atoms with E-state index in [0.29, 0.717) is 0 Å². The van der Waals surface area contributed by atoms with Crippen molar-refractivity contribution in [1.82, 2.24) is 15.1 Å². The van der Waals surface area contributed by atoms with Gasteiger partial charge in [0.15, 0.2) is 0 Å². The first-order valence-corrected chi connectivity index (χ1v) is 5.91. The van der Waals surface area contributed by atoms with E-state index in [4.69, 9.17) is 0 Å². The van der Waals surface area contributed by atoms with Crippen LogP contribution in [-0.2, 0) is 0 Å². The fourth-order valence-corrected chi connectivity index (χ4v) is 2.87. The average Bonchev–Trinajstić information content (AvgIpc) is 2.67. The molecule has 0 radical (unpaired) electrons. The molecule has 0 aromatic carbocycles. The molecule has 0 amide bonds. The molecule has 82 valence electrons. The number of nitrogens with one attached hydrogen (secondary N) is 1. The highest BCUT2D eigenvalue weighted by atomic mass is 15.3. The molecular weight excluding hydrogens is 174 g/mol. The molecule has 1 aliphatic heterocycles. The molecule has 14 heavy (non-hydrogen) atoms. The van der Waals surface area contributed by atoms with Crippen LogP contribution in [0.25, 0.3) is 0 Å². The van der Waals surface area contributed by atoms with Crippen LogP contribution in [0.1, 0.15) is 19.3 Å². The molecule has 2 fully saturated rings. The maximum absolute atomic E-state index is 3.47. The van der Waals surface area contributed by atoms with Gasteiger partial charge in [0.25, 0.3) is 0 Å². The van der Waals surface area contributed by atoms with E-state index in [9.17, 15) is 0 Å². The molecule has 0 unspecified atom stereocenters. The molecular formula is C11H23N3. The third kappa shape index (κ3) is 2.10. The van der Waals surface area contributed by atoms with Gasteiger partial charge in [-0.05, 0) is 26.9 Å². The lowest BCUT2D eigenvalue weighted by Crippen LogP contribution is -2.53. The van der Waals surface area contributed by atoms with Gasteiger partial charge in [-0.15, -0.1) is 0 Å². The molecule has 3 nitrogen and oxygen atoms in total. The first kappa shape index (κ1) is 10.4. The highest BCUT2D eigenvalue weighted by Crippen LogP contribution is 2.24. The van der Waals surface area contributed by atoms with Crippen molar-refractivity contribution >= 4 is 0 Å². The number of likely N-dealkylation sites (N-methyl/N-ethyl adjacent to an activating group) is 2. The van der Waals surface area contributed by atoms with Crippen molar-refractivity contribution < 1.29 is 0 Å². The molecule has 1 saturated carbocycles. The Bertz CT molecular complexity index is 175. The topological polar surface area (TPSA) is 18.5 Å². The standard InChI is InChI=1S/C11H23N3/c1-12-10-4-3-5-11(10)14-8-6-13(2)7-9-14/h10-12H,3-9H2,1-2H3/t10-,11-/m1/s1. The normalized spacial score (nSPS) is 36.4. The number of hydrogen-bond donors (Lipinski definition) is 1. The smallest absolute Gasteiger partial charge is 0.0250 e. The van der Waals surface area contributed by atoms with E-state index < -0.39 is 0 Å². The minimum atomic E-state index is 0.749. The summed E-state index contributed by atoms with van der Waals surface area (Å²) < 4.78 is 0. The van der Waals surface area contributed by atoms with Gasteiger partial charge >= 0.3 is 0 Å². The Morgan fingerprint density at radius 2 is 1.79 bits per heavy atom. The molecule has 0 spiro atoms. The van der Waals surface area contributed by atoms with E-state index in [2.05, 4.69) is 29.2 Å². The quantitative estimate of drug-likeness (QED) is 0.690. The van der Waals surface area contributed by atoms with E-state index in [1.54, 1.807) is 0 Å². The van der Waals surface area contributed by atoms with Crippen molar-refractivity contribution in [3.63, 3.8) is 0 Å². The van der Waals surface area contributed by atoms with Crippen molar-refractivity contribution in [3.8, 4) is 0 Å². The van der Waals surface area contributed by atoms with Gasteiger partial charge in [-0.2, -0.15) is 0 Å². The van der Waals surface area contributed by atoms with Gasteiger partial charge in [0.2, 0.25) is 0 Å². The molecule has 2 atom stereocenters. The summed E-state index contributed by atoms with van der Waals surface area (Å²) in [7, 11) is 4.33. The minimum absolute atomic E-state index is 0.749. The maximum Gasteiger partial charge on any atom is 0.0250 e. The zero-order valence-electron chi connectivity index (χ0n) is 9.50. The molecule has 0 aromatic rings. The predicted octanol–water partition coefficient (Wildman–Crippen LogP) is 0.374. The van der Waals surface area contributed by atoms with Crippen molar-refractivity contribution in [2.75, 3.05) is 40.3 Å². The summed E-state index contributed by atoms with van der Waals surface area (Å²) in [6.45, 7) is 5.01. The van der Waals surface area contributed by atoms with E-state index in [1.165, 1.54) is 45.4 Å². The van der Waals surface area contributed by atoms with Crippen LogP contribution < -0.4 is 5.32 Å². The van der Waals surface area contributed by atoms with Crippen LogP contribution in [0.15, 0.2) is 0 Å². The second kappa shape index (κ2) is 4.60. The van der Waals surface area contributed by atoms with Gasteiger partial charge in [-0.1, -0.05) is 6.42 Å². The average molecular weight is 197 g/mol. The first-order chi connectivity index (χ1) is 6.81. The summed E-state index contributed by atoms with van der Waals surface area (Å²) in [4.78, 5) is 5.12. The van der Waals surface area contributed by atoms with Gasteiger partial charge < -0.3 is 10.2 Å². The SMILES string of the molecule is CN[C@@H]1CCC[C@H]1N1CCN(C)CC1. The fourth-order valence-electron chi connectivity index (χ4n) is 2.87. The number of piperazine rings is 1. The second-order valence-electron chi connectivity index (χ2n) is 4.73. The van der Waals surface area contributed by atoms with Crippen LogP contribution in [0.3, 0.4) is 0 Å². The fraction of sp³-hybridized carbons (Fsp3) is 1.00. The summed E-state index contributed by atoms with van der Waals surface area (Å²) in [5, 5.41) is 3.47. The Labute approximate surface area is 87.4 Å². The van der Waals surface area contributed by atoms with Gasteiger partial charge in [-0.3, -0.25) is 4.90 Å². The van der Waals surface area contributed by atoms with Crippen molar-refractivity contribution in [2.45, 2.75) is 31.3 Å². The molecule has 1 saturated heterocycles. The lowest BCUT2D eigenvalue weighted by molar-refractivity contribution is 0.102. The summed E-state index contributed by atoms with van der Waals surface area (Å²) in [5.74, 6) is 0. The van der Waals surface area contributed by atoms with Crippen LogP contribution in [0.4, 0.5) is 0 Å². The Kier molecular flexibility index (Phi) is 3.42. The van der Waals surface area contributed by atoms with E-state index in [0.717, 1.165) is 12.1 Å². The maximum atomic E-state index is 3.47. The van der Waals surface area contributed by atoms with Crippen LogP contribution in [0.5, 0.6) is 0 Å². The van der Waals surface area contributed by atoms with Crippen molar-refractivity contribution in [3.05, 3.63) is 0 Å². The molecule has 2 rings (SSSR count). The van der Waals surface area contributed by atoms with Crippen molar-refractivity contribution in [2.24, 2.45) is 0 Å². The molecule has 2 aliphatic rings. The molecule has 1 N–H and O–H groups in total. The number of rotatable bonds is 2. The van der Waals surface area contributed by atoms with E-state index in [-0.39, 0.29) is 0 Å². The Hall–Kier alpha value is -0.120. The summed E-state index contributed by atoms with van der Waals surface area (Å²) in [6, 6.07) is 1.56. The molecule has 1 aliphatic carbocycles. The third-order valence-electron chi connectivity index (χ3n) is 3.86. The minimum Gasteiger partial charge on any atom is -0.315 e. The molecule has 0 bridgehead atoms. The monoisotopic (exact) mass is 197 g/mol. The van der Waals surface area contributed by atoms with E-state index in [1.807, 2.05) is 0 Å². The van der Waals surface area contributed by atoms with Crippen LogP contribution in [-0.4, -0.2) is 62.2 Å². The third-order valence-corrected chi connectivity index (χ3v) is 3.86. The summed E-state index contributed by atoms with van der Waals surface area (Å²) in [6.07, 6.45) is 4.17. The van der Waals surface area contributed by atoms with Crippen LogP contribution in [0.2, 0.25) is 0 Å². The summed E-state index contributed by atoms with van der Waals surface area (Å²) >= 11 is 0. The van der Waals surface area contributed by atoms with E-state index >= 15 is 0 Å². The van der Waals surface area contributed by atoms with Gasteiger partial charge in [-0.25, -0.2) is 0 Å². The zero-order chi connectivity index (χ0) is 9.97. The Morgan fingerprint density at radius 3 is 2.43 bits per heavy atom. The largest absolute Gasteiger partial charge is 0.315 e. The number of nitrogens with zero attached hydrogens (tertiary/aromatic N) is 2. The first-order valence-electron chi connectivity index (χ1n) is 5.91. The van der Waals surface area contributed by atoms with Gasteiger partial charge in [0, 0.05) is 38.3 Å². The highest BCUT2D eigenvalue weighted by Gasteiger charge is 2.31. The molecule has 0 aromatic heterocycles. The number of hydrogen-bond acceptors (Lipinski definition) is 3. The predicted molar refractivity (Wildman–Crippen MR) is 59.6 cm³/mol. The van der Waals surface area contributed by atoms with Gasteiger partial charge in [0.1, 0.15) is 0 Å². The van der Waals surface area contributed by atoms with Crippen LogP contribution in [0, 0.1) is 0 Å². The Balaban J connectivity index is 1.88. The van der Waals surface area contributed by atoms with Crippen molar-refractivity contribution in [1.29, 1.82) is 0 Å². The Morgan fingerprint density at radius 1 is 1.07 bits per heavy atom.